The summed E-state index contributed by atoms with van der Waals surface area (Å²) in [6.45, 7) is 4.24. The summed E-state index contributed by atoms with van der Waals surface area (Å²) >= 11 is 1.67. The summed E-state index contributed by atoms with van der Waals surface area (Å²) in [6, 6.07) is 8.74. The van der Waals surface area contributed by atoms with E-state index >= 15 is 0 Å². The first kappa shape index (κ1) is 26.3. The van der Waals surface area contributed by atoms with Gasteiger partial charge in [0.05, 0.1) is 23.1 Å². The number of H-pyrrole nitrogens is 1. The Hall–Kier alpha value is -4.89. The van der Waals surface area contributed by atoms with Crippen LogP contribution in [-0.2, 0) is 13.0 Å². The summed E-state index contributed by atoms with van der Waals surface area (Å²) in [4.78, 5) is 43.3. The number of fused-ring (bicyclic) bond motifs is 2. The molecule has 0 fully saturated rings. The fourth-order valence-electron chi connectivity index (χ4n) is 4.93. The van der Waals surface area contributed by atoms with Crippen molar-refractivity contribution in [2.45, 2.75) is 43.5 Å². The number of carbonyl (C=O) groups is 1. The SMILES string of the molecule is CC1N=CC(C#Cc2cccc3cc(C(C)NC(=O)c4c(N)nn5cccnc45)n(CCc4cnc[nH]4)c(=O)c23)S1. The first-order valence-electron chi connectivity index (χ1n) is 13.1. The van der Waals surface area contributed by atoms with Gasteiger partial charge >= 0.3 is 0 Å². The Kier molecular flexibility index (Phi) is 7.03. The lowest BCUT2D eigenvalue weighted by atomic mass is 10.0. The molecule has 0 radical (unpaired) electrons. The summed E-state index contributed by atoms with van der Waals surface area (Å²) in [5, 5.41) is 8.63. The smallest absolute Gasteiger partial charge is 0.259 e. The number of carbonyl (C=O) groups excluding carboxylic acids is 1. The summed E-state index contributed by atoms with van der Waals surface area (Å²) in [6.07, 6.45) is 8.99. The molecule has 0 spiro atoms. The molecular formula is C29H27N9O2S. The van der Waals surface area contributed by atoms with Crippen molar-refractivity contribution in [2.75, 3.05) is 5.73 Å². The second-order valence-electron chi connectivity index (χ2n) is 9.69. The first-order chi connectivity index (χ1) is 19.9. The molecule has 0 bridgehead atoms. The molecule has 4 N–H and O–H groups in total. The van der Waals surface area contributed by atoms with Crippen LogP contribution in [0.15, 0.2) is 65.0 Å². The van der Waals surface area contributed by atoms with E-state index in [1.807, 2.05) is 44.3 Å². The van der Waals surface area contributed by atoms with E-state index in [0.717, 1.165) is 11.1 Å². The molecule has 0 saturated carbocycles. The molecule has 3 unspecified atom stereocenters. The summed E-state index contributed by atoms with van der Waals surface area (Å²) < 4.78 is 3.16. The highest BCUT2D eigenvalue weighted by atomic mass is 32.2. The van der Waals surface area contributed by atoms with Gasteiger partial charge in [-0.2, -0.15) is 0 Å². The van der Waals surface area contributed by atoms with Gasteiger partial charge in [0.2, 0.25) is 0 Å². The van der Waals surface area contributed by atoms with Crippen LogP contribution in [0.5, 0.6) is 0 Å². The number of aliphatic imine (C=N–C) groups is 1. The number of pyridine rings is 1. The standard InChI is InChI=1S/C29H27N9O2S/c1-17(35-28(39)25-26(30)36-38-11-4-10-32-27(25)38)23-13-20-6-3-5-19(7-8-22-15-33-18(2)41-22)24(20)29(40)37(23)12-9-21-14-31-16-34-21/h3-6,10-11,13-18,22H,9,12H2,1-2H3,(H2,30,36)(H,31,34)(H,35,39). The highest BCUT2D eigenvalue weighted by Crippen LogP contribution is 2.25. The van der Waals surface area contributed by atoms with Crippen LogP contribution in [0.2, 0.25) is 0 Å². The topological polar surface area (TPSA) is 148 Å². The van der Waals surface area contributed by atoms with Crippen LogP contribution < -0.4 is 16.6 Å². The monoisotopic (exact) mass is 565 g/mol. The van der Waals surface area contributed by atoms with Crippen LogP contribution >= 0.6 is 11.8 Å². The van der Waals surface area contributed by atoms with Gasteiger partial charge in [0.15, 0.2) is 11.5 Å². The number of aromatic nitrogens is 6. The van der Waals surface area contributed by atoms with E-state index in [9.17, 15) is 9.59 Å². The van der Waals surface area contributed by atoms with E-state index in [1.54, 1.807) is 47.3 Å². The van der Waals surface area contributed by atoms with E-state index < -0.39 is 11.9 Å². The highest BCUT2D eigenvalue weighted by molar-refractivity contribution is 8.01. The van der Waals surface area contributed by atoms with Crippen LogP contribution in [-0.4, -0.2) is 51.9 Å². The zero-order valence-corrected chi connectivity index (χ0v) is 23.2. The van der Waals surface area contributed by atoms with Crippen molar-refractivity contribution in [3.05, 3.63) is 88.1 Å². The van der Waals surface area contributed by atoms with Gasteiger partial charge in [0, 0.05) is 54.7 Å². The van der Waals surface area contributed by atoms with Gasteiger partial charge in [0.25, 0.3) is 11.5 Å². The number of thioether (sulfide) groups is 1. The van der Waals surface area contributed by atoms with Gasteiger partial charge < -0.3 is 20.6 Å². The predicted octanol–water partition coefficient (Wildman–Crippen LogP) is 2.97. The Morgan fingerprint density at radius 3 is 2.98 bits per heavy atom. The molecule has 1 amide bonds. The van der Waals surface area contributed by atoms with Crippen molar-refractivity contribution in [1.29, 1.82) is 0 Å². The van der Waals surface area contributed by atoms with Crippen LogP contribution in [0.25, 0.3) is 16.4 Å². The van der Waals surface area contributed by atoms with Crippen molar-refractivity contribution in [2.24, 2.45) is 4.99 Å². The maximum absolute atomic E-state index is 14.1. The number of nitrogens with one attached hydrogen (secondary N) is 2. The summed E-state index contributed by atoms with van der Waals surface area (Å²) in [5.41, 5.74) is 8.64. The number of rotatable bonds is 6. The molecule has 41 heavy (non-hydrogen) atoms. The maximum Gasteiger partial charge on any atom is 0.259 e. The van der Waals surface area contributed by atoms with E-state index in [-0.39, 0.29) is 27.6 Å². The molecule has 11 nitrogen and oxygen atoms in total. The Balaban J connectivity index is 1.40. The number of aryl methyl sites for hydroxylation is 1. The van der Waals surface area contributed by atoms with Gasteiger partial charge in [-0.3, -0.25) is 14.6 Å². The van der Waals surface area contributed by atoms with Crippen molar-refractivity contribution < 1.29 is 4.79 Å². The van der Waals surface area contributed by atoms with Crippen molar-refractivity contribution >= 4 is 46.1 Å². The summed E-state index contributed by atoms with van der Waals surface area (Å²) in [7, 11) is 0. The Labute approximate surface area is 239 Å². The molecular weight excluding hydrogens is 538 g/mol. The van der Waals surface area contributed by atoms with E-state index in [1.165, 1.54) is 4.52 Å². The molecule has 1 aliphatic heterocycles. The van der Waals surface area contributed by atoms with Crippen LogP contribution in [0, 0.1) is 11.8 Å². The number of imidazole rings is 1. The summed E-state index contributed by atoms with van der Waals surface area (Å²) in [5.74, 6) is 6.11. The number of nitrogen functional groups attached to an aromatic ring is 1. The van der Waals surface area contributed by atoms with Gasteiger partial charge in [-0.05, 0) is 37.4 Å². The molecule has 206 valence electrons. The third-order valence-electron chi connectivity index (χ3n) is 6.90. The zero-order valence-electron chi connectivity index (χ0n) is 22.4. The minimum Gasteiger partial charge on any atom is -0.381 e. The van der Waals surface area contributed by atoms with Crippen LogP contribution in [0.4, 0.5) is 5.82 Å². The average molecular weight is 566 g/mol. The van der Waals surface area contributed by atoms with Gasteiger partial charge in [-0.25, -0.2) is 14.5 Å². The van der Waals surface area contributed by atoms with Crippen molar-refractivity contribution in [3.63, 3.8) is 0 Å². The van der Waals surface area contributed by atoms with E-state index in [2.05, 4.69) is 42.2 Å². The molecule has 1 aromatic carbocycles. The predicted molar refractivity (Wildman–Crippen MR) is 160 cm³/mol. The quantitative estimate of drug-likeness (QED) is 0.268. The van der Waals surface area contributed by atoms with Gasteiger partial charge in [0.1, 0.15) is 10.8 Å². The number of anilines is 1. The Morgan fingerprint density at radius 1 is 1.32 bits per heavy atom. The number of hydrogen-bond acceptors (Lipinski definition) is 8. The number of nitrogens with two attached hydrogens (primary N) is 1. The van der Waals surface area contributed by atoms with E-state index in [4.69, 9.17) is 5.73 Å². The number of benzene rings is 1. The lowest BCUT2D eigenvalue weighted by Crippen LogP contribution is -2.33. The van der Waals surface area contributed by atoms with E-state index in [0.29, 0.717) is 35.3 Å². The molecule has 6 rings (SSSR count). The average Bonchev–Trinajstić information content (AvgIpc) is 3.70. The Bertz CT molecular complexity index is 1910. The molecule has 4 aromatic heterocycles. The number of aromatic amines is 1. The lowest BCUT2D eigenvalue weighted by Gasteiger charge is -2.21. The van der Waals surface area contributed by atoms with Crippen molar-refractivity contribution in [1.82, 2.24) is 34.4 Å². The lowest BCUT2D eigenvalue weighted by molar-refractivity contribution is 0.0940. The molecule has 5 heterocycles. The molecule has 3 atom stereocenters. The third-order valence-corrected chi connectivity index (χ3v) is 7.94. The largest absolute Gasteiger partial charge is 0.381 e. The molecule has 5 aromatic rings. The Morgan fingerprint density at radius 2 is 2.20 bits per heavy atom. The van der Waals surface area contributed by atoms with Gasteiger partial charge in [-0.1, -0.05) is 24.0 Å². The number of nitrogens with zero attached hydrogens (tertiary/aromatic N) is 6. The number of amides is 1. The third kappa shape index (κ3) is 5.19. The molecule has 12 heteroatoms. The minimum atomic E-state index is -0.540. The highest BCUT2D eigenvalue weighted by Gasteiger charge is 2.23. The normalized spacial score (nSPS) is 17.0. The van der Waals surface area contributed by atoms with Crippen LogP contribution in [0.3, 0.4) is 0 Å². The fourth-order valence-corrected chi connectivity index (χ4v) is 5.76. The molecule has 0 saturated heterocycles. The van der Waals surface area contributed by atoms with Gasteiger partial charge in [-0.15, -0.1) is 16.9 Å². The first-order valence-corrected chi connectivity index (χ1v) is 14.1. The fraction of sp³-hybridized carbons (Fsp3) is 0.241. The zero-order chi connectivity index (χ0) is 28.5. The molecule has 1 aliphatic rings. The van der Waals surface area contributed by atoms with Crippen molar-refractivity contribution in [3.8, 4) is 11.8 Å². The minimum absolute atomic E-state index is 0.0146. The number of hydrogen-bond donors (Lipinski definition) is 3. The molecule has 0 aliphatic carbocycles. The van der Waals surface area contributed by atoms with Crippen LogP contribution in [0.1, 0.15) is 47.2 Å². The maximum atomic E-state index is 14.1. The second-order valence-corrected chi connectivity index (χ2v) is 11.2. The second kappa shape index (κ2) is 10.9.